The SMILES string of the molecule is CC(C)N1C(=O)COc2ccc(NC(=O)c3ccc(S(=O)(=O)N4CCCC4)cc3)cc21. The molecule has 0 unspecified atom stereocenters. The molecule has 1 fully saturated rings. The molecule has 9 heteroatoms. The molecule has 2 aliphatic rings. The van der Waals surface area contributed by atoms with Crippen LogP contribution in [0.5, 0.6) is 5.75 Å². The minimum absolute atomic E-state index is 0.0103. The minimum atomic E-state index is -3.52. The Kier molecular flexibility index (Phi) is 5.72. The fourth-order valence-electron chi connectivity index (χ4n) is 3.87. The molecule has 0 atom stereocenters. The highest BCUT2D eigenvalue weighted by Crippen LogP contribution is 2.35. The maximum Gasteiger partial charge on any atom is 0.265 e. The lowest BCUT2D eigenvalue weighted by Crippen LogP contribution is -2.43. The van der Waals surface area contributed by atoms with E-state index in [4.69, 9.17) is 4.74 Å². The van der Waals surface area contributed by atoms with Crippen LogP contribution >= 0.6 is 0 Å². The van der Waals surface area contributed by atoms with Gasteiger partial charge in [0.1, 0.15) is 5.75 Å². The molecule has 0 aromatic heterocycles. The first kappa shape index (κ1) is 21.3. The van der Waals surface area contributed by atoms with Gasteiger partial charge in [0.2, 0.25) is 10.0 Å². The van der Waals surface area contributed by atoms with E-state index in [2.05, 4.69) is 5.32 Å². The number of benzene rings is 2. The summed E-state index contributed by atoms with van der Waals surface area (Å²) in [4.78, 5) is 26.7. The van der Waals surface area contributed by atoms with E-state index in [1.807, 2.05) is 13.8 Å². The molecular formula is C22H25N3O5S. The van der Waals surface area contributed by atoms with Gasteiger partial charge < -0.3 is 15.0 Å². The third-order valence-corrected chi connectivity index (χ3v) is 7.34. The summed E-state index contributed by atoms with van der Waals surface area (Å²) < 4.78 is 32.2. The van der Waals surface area contributed by atoms with Crippen LogP contribution in [-0.2, 0) is 14.8 Å². The number of rotatable bonds is 5. The molecule has 2 heterocycles. The Morgan fingerprint density at radius 1 is 1.06 bits per heavy atom. The summed E-state index contributed by atoms with van der Waals surface area (Å²) in [6.45, 7) is 4.88. The standard InChI is InChI=1S/C22H25N3O5S/c1-15(2)25-19-13-17(7-10-20(19)30-14-21(25)26)23-22(27)16-5-8-18(9-6-16)31(28,29)24-11-3-4-12-24/h5-10,13,15H,3-4,11-12,14H2,1-2H3,(H,23,27). The molecule has 1 N–H and O–H groups in total. The highest BCUT2D eigenvalue weighted by Gasteiger charge is 2.29. The summed E-state index contributed by atoms with van der Waals surface area (Å²) in [5.74, 6) is 0.0766. The Labute approximate surface area is 181 Å². The first-order chi connectivity index (χ1) is 14.8. The summed E-state index contributed by atoms with van der Waals surface area (Å²) in [5, 5.41) is 2.80. The number of carbonyl (C=O) groups is 2. The number of fused-ring (bicyclic) bond motifs is 1. The van der Waals surface area contributed by atoms with E-state index < -0.39 is 10.0 Å². The lowest BCUT2D eigenvalue weighted by molar-refractivity contribution is -0.121. The summed E-state index contributed by atoms with van der Waals surface area (Å²) in [7, 11) is -3.52. The normalized spacial score (nSPS) is 16.9. The third-order valence-electron chi connectivity index (χ3n) is 5.43. The predicted molar refractivity (Wildman–Crippen MR) is 117 cm³/mol. The Morgan fingerprint density at radius 3 is 2.39 bits per heavy atom. The molecule has 8 nitrogen and oxygen atoms in total. The molecule has 2 aromatic rings. The van der Waals surface area contributed by atoms with Crippen molar-refractivity contribution < 1.29 is 22.7 Å². The van der Waals surface area contributed by atoms with Gasteiger partial charge in [0, 0.05) is 30.4 Å². The van der Waals surface area contributed by atoms with Crippen LogP contribution in [0.25, 0.3) is 0 Å². The quantitative estimate of drug-likeness (QED) is 0.767. The molecule has 0 spiro atoms. The van der Waals surface area contributed by atoms with Crippen molar-refractivity contribution in [3.63, 3.8) is 0 Å². The minimum Gasteiger partial charge on any atom is -0.482 e. The molecular weight excluding hydrogens is 418 g/mol. The van der Waals surface area contributed by atoms with Crippen LogP contribution in [0, 0.1) is 0 Å². The van der Waals surface area contributed by atoms with Crippen molar-refractivity contribution in [3.8, 4) is 5.75 Å². The second kappa shape index (κ2) is 8.32. The van der Waals surface area contributed by atoms with E-state index in [9.17, 15) is 18.0 Å². The van der Waals surface area contributed by atoms with Crippen LogP contribution in [0.15, 0.2) is 47.4 Å². The van der Waals surface area contributed by atoms with E-state index in [0.717, 1.165) is 12.8 Å². The van der Waals surface area contributed by atoms with Gasteiger partial charge in [-0.1, -0.05) is 0 Å². The monoisotopic (exact) mass is 443 g/mol. The second-order valence-corrected chi connectivity index (χ2v) is 9.86. The first-order valence-corrected chi connectivity index (χ1v) is 11.7. The summed E-state index contributed by atoms with van der Waals surface area (Å²) in [6.07, 6.45) is 1.73. The van der Waals surface area contributed by atoms with E-state index in [1.54, 1.807) is 23.1 Å². The van der Waals surface area contributed by atoms with Crippen molar-refractivity contribution in [2.75, 3.05) is 29.9 Å². The van der Waals surface area contributed by atoms with Gasteiger partial charge in [-0.3, -0.25) is 9.59 Å². The fourth-order valence-corrected chi connectivity index (χ4v) is 5.39. The van der Waals surface area contributed by atoms with E-state index in [1.165, 1.54) is 28.6 Å². The summed E-state index contributed by atoms with van der Waals surface area (Å²) in [6, 6.07) is 11.0. The lowest BCUT2D eigenvalue weighted by atomic mass is 10.1. The van der Waals surface area contributed by atoms with Crippen LogP contribution in [0.4, 0.5) is 11.4 Å². The summed E-state index contributed by atoms with van der Waals surface area (Å²) >= 11 is 0. The fraction of sp³-hybridized carbons (Fsp3) is 0.364. The number of hydrogen-bond acceptors (Lipinski definition) is 5. The van der Waals surface area contributed by atoms with E-state index in [-0.39, 0.29) is 29.4 Å². The van der Waals surface area contributed by atoms with Gasteiger partial charge in [-0.05, 0) is 69.2 Å². The third kappa shape index (κ3) is 4.15. The predicted octanol–water partition coefficient (Wildman–Crippen LogP) is 2.86. The van der Waals surface area contributed by atoms with Crippen LogP contribution in [0.3, 0.4) is 0 Å². The molecule has 1 saturated heterocycles. The average molecular weight is 444 g/mol. The molecule has 0 radical (unpaired) electrons. The largest absolute Gasteiger partial charge is 0.482 e. The maximum absolute atomic E-state index is 12.7. The Bertz CT molecular complexity index is 1110. The molecule has 0 aliphatic carbocycles. The van der Waals surface area contributed by atoms with Crippen molar-refractivity contribution in [1.82, 2.24) is 4.31 Å². The Balaban J connectivity index is 1.52. The van der Waals surface area contributed by atoms with Gasteiger partial charge >= 0.3 is 0 Å². The second-order valence-electron chi connectivity index (χ2n) is 7.92. The van der Waals surface area contributed by atoms with Gasteiger partial charge in [-0.2, -0.15) is 4.31 Å². The lowest BCUT2D eigenvalue weighted by Gasteiger charge is -2.32. The first-order valence-electron chi connectivity index (χ1n) is 10.3. The number of hydrogen-bond donors (Lipinski definition) is 1. The zero-order valence-corrected chi connectivity index (χ0v) is 18.3. The van der Waals surface area contributed by atoms with Gasteiger partial charge in [0.15, 0.2) is 6.61 Å². The van der Waals surface area contributed by atoms with E-state index >= 15 is 0 Å². The molecule has 2 aromatic carbocycles. The highest BCUT2D eigenvalue weighted by molar-refractivity contribution is 7.89. The molecule has 2 amide bonds. The molecule has 2 aliphatic heterocycles. The van der Waals surface area contributed by atoms with Crippen LogP contribution < -0.4 is 15.0 Å². The number of anilines is 2. The maximum atomic E-state index is 12.7. The van der Waals surface area contributed by atoms with Gasteiger partial charge in [-0.15, -0.1) is 0 Å². The van der Waals surface area contributed by atoms with Crippen LogP contribution in [-0.4, -0.2) is 50.3 Å². The zero-order valence-electron chi connectivity index (χ0n) is 17.5. The summed E-state index contributed by atoms with van der Waals surface area (Å²) in [5.41, 5.74) is 1.46. The van der Waals surface area contributed by atoms with Crippen molar-refractivity contribution in [2.24, 2.45) is 0 Å². The van der Waals surface area contributed by atoms with Crippen molar-refractivity contribution in [2.45, 2.75) is 37.6 Å². The topological polar surface area (TPSA) is 96.0 Å². The molecule has 164 valence electrons. The molecule has 4 rings (SSSR count). The number of amides is 2. The van der Waals surface area contributed by atoms with Gasteiger partial charge in [-0.25, -0.2) is 8.42 Å². The Hall–Kier alpha value is -2.91. The number of ether oxygens (including phenoxy) is 1. The van der Waals surface area contributed by atoms with E-state index in [0.29, 0.717) is 35.8 Å². The molecule has 31 heavy (non-hydrogen) atoms. The van der Waals surface area contributed by atoms with Gasteiger partial charge in [0.05, 0.1) is 10.6 Å². The zero-order chi connectivity index (χ0) is 22.2. The molecule has 0 bridgehead atoms. The Morgan fingerprint density at radius 2 is 1.74 bits per heavy atom. The molecule has 0 saturated carbocycles. The number of carbonyl (C=O) groups excluding carboxylic acids is 2. The number of nitrogens with zero attached hydrogens (tertiary/aromatic N) is 2. The van der Waals surface area contributed by atoms with Crippen molar-refractivity contribution in [3.05, 3.63) is 48.0 Å². The number of nitrogens with one attached hydrogen (secondary N) is 1. The smallest absolute Gasteiger partial charge is 0.265 e. The van der Waals surface area contributed by atoms with Crippen LogP contribution in [0.1, 0.15) is 37.0 Å². The highest BCUT2D eigenvalue weighted by atomic mass is 32.2. The number of sulfonamides is 1. The van der Waals surface area contributed by atoms with Crippen molar-refractivity contribution in [1.29, 1.82) is 0 Å². The van der Waals surface area contributed by atoms with Crippen LogP contribution in [0.2, 0.25) is 0 Å². The van der Waals surface area contributed by atoms with Gasteiger partial charge in [0.25, 0.3) is 11.8 Å². The van der Waals surface area contributed by atoms with Crippen molar-refractivity contribution >= 4 is 33.2 Å². The average Bonchev–Trinajstić information content (AvgIpc) is 3.29.